The molecule has 2 amide bonds. The predicted molar refractivity (Wildman–Crippen MR) is 192 cm³/mol. The first-order chi connectivity index (χ1) is 22.7. The molecule has 8 nitrogen and oxygen atoms in total. The Morgan fingerprint density at radius 1 is 0.860 bits per heavy atom. The summed E-state index contributed by atoms with van der Waals surface area (Å²) in [6.45, 7) is 14.5. The Morgan fingerprint density at radius 3 is 2.12 bits per heavy atom. The molecule has 1 fully saturated rings. The fraction of sp³-hybridized carbons (Fsp3) is 0.487. The molecule has 1 aromatic heterocycles. The first-order valence-electron chi connectivity index (χ1n) is 16.9. The van der Waals surface area contributed by atoms with Crippen LogP contribution in [-0.4, -0.2) is 70.9 Å². The normalized spacial score (nSPS) is 16.4. The molecule has 276 valence electrons. The van der Waals surface area contributed by atoms with Gasteiger partial charge in [-0.1, -0.05) is 12.1 Å². The molecule has 11 heteroatoms. The second-order valence-corrected chi connectivity index (χ2v) is 14.7. The van der Waals surface area contributed by atoms with Crippen molar-refractivity contribution in [3.8, 4) is 0 Å². The summed E-state index contributed by atoms with van der Waals surface area (Å²) in [5, 5.41) is 3.91. The van der Waals surface area contributed by atoms with Crippen molar-refractivity contribution >= 4 is 34.3 Å². The van der Waals surface area contributed by atoms with E-state index in [0.29, 0.717) is 49.4 Å². The Hall–Kier alpha value is -3.55. The summed E-state index contributed by atoms with van der Waals surface area (Å²) in [5.74, 6) is -0.00980. The van der Waals surface area contributed by atoms with Gasteiger partial charge in [-0.05, 0) is 121 Å². The minimum absolute atomic E-state index is 0. The van der Waals surface area contributed by atoms with E-state index < -0.39 is 11.2 Å². The zero-order valence-electron chi connectivity index (χ0n) is 30.3. The number of anilines is 1. The SMILES string of the molecule is CC(C)(C)OC(=O)N1CC=C(c2ccc(F)c3cccnc23)CC1.CC(C)(C)OC(=O)N1CCC(c2ccc(F)c3c2NCCC3)CC1.[CH3-].[Pd]. The molecular weight excluding hydrogens is 733 g/mol. The molecule has 3 aliphatic heterocycles. The van der Waals surface area contributed by atoms with E-state index in [1.807, 2.05) is 53.7 Å². The largest absolute Gasteiger partial charge is 0.444 e. The van der Waals surface area contributed by atoms with E-state index in [-0.39, 0.29) is 51.7 Å². The van der Waals surface area contributed by atoms with Gasteiger partial charge in [0, 0.05) is 81.5 Å². The van der Waals surface area contributed by atoms with Gasteiger partial charge < -0.3 is 32.0 Å². The number of carbonyl (C=O) groups excluding carboxylic acids is 2. The number of pyridine rings is 1. The number of amides is 2. The van der Waals surface area contributed by atoms with Crippen LogP contribution in [0.5, 0.6) is 0 Å². The third-order valence-corrected chi connectivity index (χ3v) is 8.70. The Bertz CT molecular complexity index is 1680. The fourth-order valence-electron chi connectivity index (χ4n) is 6.42. The van der Waals surface area contributed by atoms with Gasteiger partial charge in [0.1, 0.15) is 22.8 Å². The molecule has 0 spiro atoms. The second kappa shape index (κ2) is 17.1. The number of halogens is 2. The van der Waals surface area contributed by atoms with Gasteiger partial charge in [0.25, 0.3) is 0 Å². The molecule has 1 saturated heterocycles. The van der Waals surface area contributed by atoms with E-state index in [1.165, 1.54) is 11.6 Å². The Kier molecular flexibility index (Phi) is 14.0. The van der Waals surface area contributed by atoms with E-state index in [0.717, 1.165) is 54.6 Å². The van der Waals surface area contributed by atoms with Crippen molar-refractivity contribution in [1.29, 1.82) is 0 Å². The molecule has 0 atom stereocenters. The number of aromatic nitrogens is 1. The molecule has 0 unspecified atom stereocenters. The molecule has 2 aromatic carbocycles. The van der Waals surface area contributed by atoms with Gasteiger partial charge >= 0.3 is 12.2 Å². The predicted octanol–water partition coefficient (Wildman–Crippen LogP) is 9.14. The van der Waals surface area contributed by atoms with Crippen LogP contribution in [0.4, 0.5) is 24.1 Å². The van der Waals surface area contributed by atoms with Crippen molar-refractivity contribution in [1.82, 2.24) is 14.8 Å². The summed E-state index contributed by atoms with van der Waals surface area (Å²) in [4.78, 5) is 32.1. The summed E-state index contributed by atoms with van der Waals surface area (Å²) < 4.78 is 38.8. The van der Waals surface area contributed by atoms with Crippen molar-refractivity contribution in [2.75, 3.05) is 38.0 Å². The van der Waals surface area contributed by atoms with Crippen LogP contribution in [0.15, 0.2) is 48.7 Å². The van der Waals surface area contributed by atoms with Crippen molar-refractivity contribution in [2.24, 2.45) is 0 Å². The monoisotopic (exact) mass is 783 g/mol. The first kappa shape index (κ1) is 40.9. The van der Waals surface area contributed by atoms with Gasteiger partial charge in [-0.15, -0.1) is 0 Å². The van der Waals surface area contributed by atoms with Crippen molar-refractivity contribution in [3.63, 3.8) is 0 Å². The third kappa shape index (κ3) is 10.3. The topological polar surface area (TPSA) is 84.0 Å². The number of ether oxygens (including phenoxy) is 2. The van der Waals surface area contributed by atoms with Crippen molar-refractivity contribution in [3.05, 3.63) is 84.4 Å². The van der Waals surface area contributed by atoms with Crippen molar-refractivity contribution < 1.29 is 48.3 Å². The van der Waals surface area contributed by atoms with Crippen LogP contribution in [0.2, 0.25) is 0 Å². The first-order valence-corrected chi connectivity index (χ1v) is 16.9. The summed E-state index contributed by atoms with van der Waals surface area (Å²) in [6, 6.07) is 10.2. The minimum atomic E-state index is -0.502. The van der Waals surface area contributed by atoms with Gasteiger partial charge in [0.2, 0.25) is 0 Å². The molecule has 0 radical (unpaired) electrons. The van der Waals surface area contributed by atoms with Gasteiger partial charge in [0.05, 0.1) is 5.52 Å². The number of hydrogen-bond acceptors (Lipinski definition) is 6. The number of nitrogens with one attached hydrogen (secondary N) is 1. The molecule has 3 aromatic rings. The maximum atomic E-state index is 14.0. The Balaban J connectivity index is 0.000000260. The minimum Gasteiger partial charge on any atom is -0.444 e. The van der Waals surface area contributed by atoms with Crippen molar-refractivity contribution in [2.45, 2.75) is 90.8 Å². The van der Waals surface area contributed by atoms with Gasteiger partial charge in [-0.25, -0.2) is 18.4 Å². The quantitative estimate of drug-likeness (QED) is 0.206. The Labute approximate surface area is 309 Å². The molecule has 0 bridgehead atoms. The molecule has 3 aliphatic rings. The van der Waals surface area contributed by atoms with Crippen LogP contribution in [0, 0.1) is 19.1 Å². The average Bonchev–Trinajstić information content (AvgIpc) is 3.04. The third-order valence-electron chi connectivity index (χ3n) is 8.70. The van der Waals surface area contributed by atoms with Crippen LogP contribution in [0.25, 0.3) is 16.5 Å². The van der Waals surface area contributed by atoms with Crippen LogP contribution < -0.4 is 5.32 Å². The number of nitrogens with zero attached hydrogens (tertiary/aromatic N) is 3. The number of carbonyl (C=O) groups is 2. The standard InChI is InChI=1S/C19H27FN2O2.C19H21FN2O2.CH3.Pd/c2*1-19(2,3)24-18(23)22-11-8-13(9-12-22)14-6-7-16(20)15-5-4-10-21-17(14)15;;/h6-7,13,21H,4-5,8-12H2,1-3H3;4-8,10H,9,11-12H2,1-3H3;1H3;/q;;-1;. The zero-order valence-corrected chi connectivity index (χ0v) is 31.9. The molecule has 4 heterocycles. The number of hydrogen-bond donors (Lipinski definition) is 1. The molecular formula is C39H51F2N4O4Pd-. The van der Waals surface area contributed by atoms with E-state index >= 15 is 0 Å². The fourth-order valence-corrected chi connectivity index (χ4v) is 6.42. The molecule has 0 aliphatic carbocycles. The smallest absolute Gasteiger partial charge is 0.410 e. The summed E-state index contributed by atoms with van der Waals surface area (Å²) in [7, 11) is 0. The van der Waals surface area contributed by atoms with Gasteiger partial charge in [0.15, 0.2) is 0 Å². The summed E-state index contributed by atoms with van der Waals surface area (Å²) in [5.41, 5.74) is 4.73. The van der Waals surface area contributed by atoms with E-state index in [2.05, 4.69) is 10.3 Å². The van der Waals surface area contributed by atoms with Crippen LogP contribution in [0.1, 0.15) is 89.8 Å². The average molecular weight is 784 g/mol. The number of rotatable bonds is 2. The number of likely N-dealkylation sites (tertiary alicyclic amines) is 1. The van der Waals surface area contributed by atoms with Gasteiger partial charge in [-0.2, -0.15) is 0 Å². The van der Waals surface area contributed by atoms with E-state index in [9.17, 15) is 18.4 Å². The van der Waals surface area contributed by atoms with Crippen LogP contribution >= 0.6 is 0 Å². The summed E-state index contributed by atoms with van der Waals surface area (Å²) in [6.07, 6.45) is 7.37. The number of fused-ring (bicyclic) bond motifs is 2. The van der Waals surface area contributed by atoms with Crippen LogP contribution in [-0.2, 0) is 36.3 Å². The number of piperidine rings is 1. The maximum absolute atomic E-state index is 14.0. The zero-order chi connectivity index (χ0) is 34.6. The number of benzene rings is 2. The maximum Gasteiger partial charge on any atom is 0.410 e. The van der Waals surface area contributed by atoms with Crippen LogP contribution in [0.3, 0.4) is 0 Å². The molecule has 50 heavy (non-hydrogen) atoms. The van der Waals surface area contributed by atoms with E-state index in [4.69, 9.17) is 9.47 Å². The second-order valence-electron chi connectivity index (χ2n) is 14.7. The molecule has 1 N–H and O–H groups in total. The van der Waals surface area contributed by atoms with Gasteiger partial charge in [-0.3, -0.25) is 4.98 Å². The van der Waals surface area contributed by atoms with E-state index in [1.54, 1.807) is 40.3 Å². The molecule has 6 rings (SSSR count). The summed E-state index contributed by atoms with van der Waals surface area (Å²) >= 11 is 0. The Morgan fingerprint density at radius 2 is 1.50 bits per heavy atom. The molecule has 0 saturated carbocycles.